The number of nitrogens with zero attached hydrogens (tertiary/aromatic N) is 4. The SMILES string of the molecule is O=C(c1ccc(-n2ccnc2)cc1)N1CCN(S(=O)(=O)c2ccc(Cl)c(C(F)(F)F)c2)CC1. The highest BCUT2D eigenvalue weighted by molar-refractivity contribution is 7.89. The molecule has 2 aromatic carbocycles. The van der Waals surface area contributed by atoms with Gasteiger partial charge in [0, 0.05) is 49.8 Å². The molecule has 4 rings (SSSR count). The highest BCUT2D eigenvalue weighted by Crippen LogP contribution is 2.36. The summed E-state index contributed by atoms with van der Waals surface area (Å²) in [5.41, 5.74) is 0.0713. The lowest BCUT2D eigenvalue weighted by Crippen LogP contribution is -2.50. The molecule has 1 fully saturated rings. The summed E-state index contributed by atoms with van der Waals surface area (Å²) < 4.78 is 68.0. The van der Waals surface area contributed by atoms with Crippen LogP contribution in [0.2, 0.25) is 5.02 Å². The van der Waals surface area contributed by atoms with E-state index in [1.54, 1.807) is 47.6 Å². The molecule has 3 aromatic rings. The van der Waals surface area contributed by atoms with Gasteiger partial charge in [0.25, 0.3) is 5.91 Å². The molecule has 1 saturated heterocycles. The standard InChI is InChI=1S/C21H18ClF3N4O3S/c22-19-6-5-17(13-18(19)21(23,24)25)33(31,32)29-11-9-27(10-12-29)20(30)15-1-3-16(4-2-15)28-8-7-26-14-28/h1-8,13-14H,9-12H2. The van der Waals surface area contributed by atoms with Crippen molar-refractivity contribution in [3.63, 3.8) is 0 Å². The average molecular weight is 499 g/mol. The number of carbonyl (C=O) groups is 1. The van der Waals surface area contributed by atoms with Crippen molar-refractivity contribution in [1.82, 2.24) is 18.8 Å². The minimum atomic E-state index is -4.78. The zero-order valence-electron chi connectivity index (χ0n) is 17.0. The summed E-state index contributed by atoms with van der Waals surface area (Å²) in [4.78, 5) is 17.8. The number of alkyl halides is 3. The molecule has 0 unspecified atom stereocenters. The highest BCUT2D eigenvalue weighted by Gasteiger charge is 2.36. The van der Waals surface area contributed by atoms with Crippen molar-refractivity contribution < 1.29 is 26.4 Å². The number of sulfonamides is 1. The maximum atomic E-state index is 13.1. The molecule has 0 aliphatic carbocycles. The van der Waals surface area contributed by atoms with Crippen molar-refractivity contribution in [1.29, 1.82) is 0 Å². The minimum Gasteiger partial charge on any atom is -0.336 e. The highest BCUT2D eigenvalue weighted by atomic mass is 35.5. The van der Waals surface area contributed by atoms with Gasteiger partial charge in [-0.1, -0.05) is 11.6 Å². The number of aromatic nitrogens is 2. The van der Waals surface area contributed by atoms with Crippen LogP contribution in [0.4, 0.5) is 13.2 Å². The van der Waals surface area contributed by atoms with Gasteiger partial charge in [0.1, 0.15) is 0 Å². The molecule has 0 bridgehead atoms. The number of hydrogen-bond acceptors (Lipinski definition) is 4. The van der Waals surface area contributed by atoms with E-state index < -0.39 is 31.7 Å². The first-order chi connectivity index (χ1) is 15.6. The Labute approximate surface area is 193 Å². The molecule has 1 aliphatic heterocycles. The third-order valence-corrected chi connectivity index (χ3v) is 7.55. The van der Waals surface area contributed by atoms with Crippen molar-refractivity contribution in [2.45, 2.75) is 11.1 Å². The summed E-state index contributed by atoms with van der Waals surface area (Å²) in [6, 6.07) is 9.40. The molecular formula is C21H18ClF3N4O3S. The minimum absolute atomic E-state index is 0.0365. The number of halogens is 4. The topological polar surface area (TPSA) is 75.5 Å². The first-order valence-electron chi connectivity index (χ1n) is 9.82. The second kappa shape index (κ2) is 8.81. The van der Waals surface area contributed by atoms with E-state index >= 15 is 0 Å². The molecular weight excluding hydrogens is 481 g/mol. The van der Waals surface area contributed by atoms with Crippen molar-refractivity contribution in [2.24, 2.45) is 0 Å². The Balaban J connectivity index is 1.44. The molecule has 174 valence electrons. The van der Waals surface area contributed by atoms with Crippen LogP contribution in [0, 0.1) is 0 Å². The van der Waals surface area contributed by atoms with Crippen molar-refractivity contribution in [3.8, 4) is 5.69 Å². The summed E-state index contributed by atoms with van der Waals surface area (Å²) in [5.74, 6) is -0.255. The lowest BCUT2D eigenvalue weighted by molar-refractivity contribution is -0.137. The van der Waals surface area contributed by atoms with Crippen LogP contribution in [-0.2, 0) is 16.2 Å². The van der Waals surface area contributed by atoms with Crippen LogP contribution in [0.15, 0.2) is 66.1 Å². The van der Waals surface area contributed by atoms with Gasteiger partial charge in [0.2, 0.25) is 10.0 Å². The monoisotopic (exact) mass is 498 g/mol. The fourth-order valence-corrected chi connectivity index (χ4v) is 5.21. The van der Waals surface area contributed by atoms with Gasteiger partial charge in [0.05, 0.1) is 21.8 Å². The van der Waals surface area contributed by atoms with E-state index in [0.717, 1.165) is 22.1 Å². The van der Waals surface area contributed by atoms with Crippen molar-refractivity contribution in [3.05, 3.63) is 77.3 Å². The summed E-state index contributed by atoms with van der Waals surface area (Å²) in [6.45, 7) is 0.151. The van der Waals surface area contributed by atoms with Gasteiger partial charge in [-0.25, -0.2) is 13.4 Å². The van der Waals surface area contributed by atoms with Gasteiger partial charge in [0.15, 0.2) is 0 Å². The zero-order valence-corrected chi connectivity index (χ0v) is 18.6. The van der Waals surface area contributed by atoms with E-state index in [9.17, 15) is 26.4 Å². The van der Waals surface area contributed by atoms with E-state index in [0.29, 0.717) is 11.6 Å². The van der Waals surface area contributed by atoms with Crippen molar-refractivity contribution >= 4 is 27.5 Å². The maximum Gasteiger partial charge on any atom is 0.417 e. The van der Waals surface area contributed by atoms with Crippen molar-refractivity contribution in [2.75, 3.05) is 26.2 Å². The van der Waals surface area contributed by atoms with E-state index in [1.807, 2.05) is 0 Å². The second-order valence-electron chi connectivity index (χ2n) is 7.35. The zero-order chi connectivity index (χ0) is 23.8. The number of benzene rings is 2. The molecule has 0 atom stereocenters. The van der Waals surface area contributed by atoms with E-state index in [1.165, 1.54) is 4.90 Å². The van der Waals surface area contributed by atoms with Gasteiger partial charge < -0.3 is 9.47 Å². The fourth-order valence-electron chi connectivity index (χ4n) is 3.53. The molecule has 2 heterocycles. The van der Waals surface area contributed by atoms with Gasteiger partial charge in [-0.2, -0.15) is 17.5 Å². The Morgan fingerprint density at radius 1 is 1.00 bits per heavy atom. The van der Waals surface area contributed by atoms with Crippen LogP contribution in [0.5, 0.6) is 0 Å². The number of rotatable bonds is 4. The van der Waals surface area contributed by atoms with Crippen LogP contribution >= 0.6 is 11.6 Å². The second-order valence-corrected chi connectivity index (χ2v) is 9.70. The van der Waals surface area contributed by atoms with E-state index in [2.05, 4.69) is 4.98 Å². The molecule has 0 spiro atoms. The molecule has 12 heteroatoms. The number of hydrogen-bond donors (Lipinski definition) is 0. The van der Waals surface area contributed by atoms with Gasteiger partial charge in [-0.05, 0) is 42.5 Å². The largest absolute Gasteiger partial charge is 0.417 e. The third-order valence-electron chi connectivity index (χ3n) is 5.32. The summed E-state index contributed by atoms with van der Waals surface area (Å²) >= 11 is 5.59. The van der Waals surface area contributed by atoms with Crippen LogP contribution in [-0.4, -0.2) is 59.3 Å². The Hall–Kier alpha value is -2.89. The quantitative estimate of drug-likeness (QED) is 0.550. The van der Waals surface area contributed by atoms with E-state index in [-0.39, 0.29) is 32.1 Å². The first-order valence-corrected chi connectivity index (χ1v) is 11.6. The number of amides is 1. The summed E-state index contributed by atoms with van der Waals surface area (Å²) in [5, 5.41) is -0.573. The Morgan fingerprint density at radius 3 is 2.24 bits per heavy atom. The molecule has 7 nitrogen and oxygen atoms in total. The predicted octanol–water partition coefficient (Wildman–Crippen LogP) is 3.69. The molecule has 33 heavy (non-hydrogen) atoms. The molecule has 0 saturated carbocycles. The lowest BCUT2D eigenvalue weighted by atomic mass is 10.1. The first kappa shape index (κ1) is 23.3. The molecule has 1 aliphatic rings. The van der Waals surface area contributed by atoms with E-state index in [4.69, 9.17) is 11.6 Å². The average Bonchev–Trinajstić information content (AvgIpc) is 3.33. The van der Waals surface area contributed by atoms with Gasteiger partial charge in [-0.15, -0.1) is 0 Å². The van der Waals surface area contributed by atoms with Crippen LogP contribution in [0.1, 0.15) is 15.9 Å². The van der Waals surface area contributed by atoms with Crippen LogP contribution in [0.3, 0.4) is 0 Å². The maximum absolute atomic E-state index is 13.1. The molecule has 1 amide bonds. The molecule has 0 radical (unpaired) electrons. The van der Waals surface area contributed by atoms with Crippen LogP contribution in [0.25, 0.3) is 5.69 Å². The smallest absolute Gasteiger partial charge is 0.336 e. The Morgan fingerprint density at radius 2 is 1.67 bits per heavy atom. The normalized spacial score (nSPS) is 15.6. The van der Waals surface area contributed by atoms with Gasteiger partial charge in [-0.3, -0.25) is 4.79 Å². The molecule has 1 aromatic heterocycles. The third kappa shape index (κ3) is 4.75. The van der Waals surface area contributed by atoms with Crippen LogP contribution < -0.4 is 0 Å². The number of imidazole rings is 1. The number of carbonyl (C=O) groups excluding carboxylic acids is 1. The Kier molecular flexibility index (Phi) is 6.21. The fraction of sp³-hybridized carbons (Fsp3) is 0.238. The van der Waals surface area contributed by atoms with Gasteiger partial charge >= 0.3 is 6.18 Å². The Bertz CT molecular complexity index is 1250. The number of piperazine rings is 1. The summed E-state index contributed by atoms with van der Waals surface area (Å²) in [7, 11) is -4.18. The molecule has 0 N–H and O–H groups in total. The summed E-state index contributed by atoms with van der Waals surface area (Å²) in [6.07, 6.45) is 0.269. The lowest BCUT2D eigenvalue weighted by Gasteiger charge is -2.34. The predicted molar refractivity (Wildman–Crippen MR) is 115 cm³/mol.